The molecule has 0 aromatic heterocycles. The van der Waals surface area contributed by atoms with Gasteiger partial charge in [-0.2, -0.15) is 0 Å². The van der Waals surface area contributed by atoms with Gasteiger partial charge in [-0.3, -0.25) is 0 Å². The van der Waals surface area contributed by atoms with Gasteiger partial charge < -0.3 is 4.90 Å². The van der Waals surface area contributed by atoms with E-state index in [9.17, 15) is 0 Å². The van der Waals surface area contributed by atoms with Crippen LogP contribution in [0.4, 0.5) is 5.69 Å². The van der Waals surface area contributed by atoms with Crippen molar-refractivity contribution < 1.29 is 0 Å². The van der Waals surface area contributed by atoms with E-state index in [2.05, 4.69) is 33.0 Å². The van der Waals surface area contributed by atoms with E-state index in [0.717, 1.165) is 22.3 Å². The van der Waals surface area contributed by atoms with Gasteiger partial charge in [-0.1, -0.05) is 40.0 Å². The van der Waals surface area contributed by atoms with Crippen LogP contribution in [0.2, 0.25) is 5.02 Å². The third kappa shape index (κ3) is 2.18. The van der Waals surface area contributed by atoms with E-state index >= 15 is 0 Å². The second-order valence-electron chi connectivity index (χ2n) is 5.47. The molecule has 1 aliphatic carbocycles. The molecule has 1 heterocycles. The summed E-state index contributed by atoms with van der Waals surface area (Å²) in [5.41, 5.74) is 2.61. The van der Waals surface area contributed by atoms with Crippen LogP contribution in [0.5, 0.6) is 0 Å². The van der Waals surface area contributed by atoms with Crippen LogP contribution in [0, 0.1) is 5.92 Å². The highest BCUT2D eigenvalue weighted by molar-refractivity contribution is 9.08. The summed E-state index contributed by atoms with van der Waals surface area (Å²) in [4.78, 5) is 2.63. The zero-order valence-corrected chi connectivity index (χ0v) is 12.9. The molecule has 3 heteroatoms. The Labute approximate surface area is 123 Å². The van der Waals surface area contributed by atoms with Crippen molar-refractivity contribution in [1.29, 1.82) is 0 Å². The van der Waals surface area contributed by atoms with Gasteiger partial charge in [0, 0.05) is 34.2 Å². The zero-order chi connectivity index (χ0) is 12.5. The first-order valence-corrected chi connectivity index (χ1v) is 8.41. The Morgan fingerprint density at radius 2 is 2.06 bits per heavy atom. The summed E-state index contributed by atoms with van der Waals surface area (Å²) in [5.74, 6) is 0.918. The highest BCUT2D eigenvalue weighted by atomic mass is 79.9. The summed E-state index contributed by atoms with van der Waals surface area (Å²) in [6, 6.07) is 7.08. The average molecular weight is 329 g/mol. The molecule has 0 radical (unpaired) electrons. The predicted molar refractivity (Wildman–Crippen MR) is 81.8 cm³/mol. The molecule has 1 aromatic carbocycles. The summed E-state index contributed by atoms with van der Waals surface area (Å²) in [6.07, 6.45) is 6.93. The summed E-state index contributed by atoms with van der Waals surface area (Å²) < 4.78 is 0. The highest BCUT2D eigenvalue weighted by Gasteiger charge is 2.35. The van der Waals surface area contributed by atoms with Crippen molar-refractivity contribution in [3.8, 4) is 0 Å². The number of hydrogen-bond acceptors (Lipinski definition) is 1. The summed E-state index contributed by atoms with van der Waals surface area (Å²) >= 11 is 9.92. The van der Waals surface area contributed by atoms with Gasteiger partial charge in [-0.25, -0.2) is 0 Å². The summed E-state index contributed by atoms with van der Waals surface area (Å²) in [6.45, 7) is 1.20. The lowest BCUT2D eigenvalue weighted by Gasteiger charge is -2.40. The lowest BCUT2D eigenvalue weighted by molar-refractivity contribution is 0.362. The Morgan fingerprint density at radius 3 is 2.89 bits per heavy atom. The lowest BCUT2D eigenvalue weighted by Crippen LogP contribution is -2.43. The van der Waals surface area contributed by atoms with E-state index in [4.69, 9.17) is 11.6 Å². The Morgan fingerprint density at radius 1 is 1.22 bits per heavy atom. The Hall–Kier alpha value is -0.210. The first-order valence-electron chi connectivity index (χ1n) is 6.91. The SMILES string of the molecule is Clc1cccc(N2CCCC3CCCC32)c1CBr. The van der Waals surface area contributed by atoms with Crippen LogP contribution >= 0.6 is 27.5 Å². The zero-order valence-electron chi connectivity index (χ0n) is 10.5. The van der Waals surface area contributed by atoms with Crippen LogP contribution in [0.1, 0.15) is 37.7 Å². The minimum Gasteiger partial charge on any atom is -0.368 e. The molecule has 2 aliphatic rings. The van der Waals surface area contributed by atoms with Gasteiger partial charge in [-0.15, -0.1) is 0 Å². The maximum atomic E-state index is 6.33. The van der Waals surface area contributed by atoms with Crippen molar-refractivity contribution in [1.82, 2.24) is 0 Å². The van der Waals surface area contributed by atoms with Gasteiger partial charge >= 0.3 is 0 Å². The number of benzene rings is 1. The molecule has 2 unspecified atom stereocenters. The number of alkyl halides is 1. The molecule has 98 valence electrons. The third-order valence-electron chi connectivity index (χ3n) is 4.53. The fourth-order valence-electron chi connectivity index (χ4n) is 3.70. The van der Waals surface area contributed by atoms with Crippen LogP contribution in [0.3, 0.4) is 0 Å². The maximum absolute atomic E-state index is 6.33. The Bertz CT molecular complexity index is 435. The van der Waals surface area contributed by atoms with Gasteiger partial charge in [0.1, 0.15) is 0 Å². The first-order chi connectivity index (χ1) is 8.81. The smallest absolute Gasteiger partial charge is 0.0467 e. The maximum Gasteiger partial charge on any atom is 0.0467 e. The molecular weight excluding hydrogens is 310 g/mol. The second-order valence-corrected chi connectivity index (χ2v) is 6.43. The monoisotopic (exact) mass is 327 g/mol. The van der Waals surface area contributed by atoms with Gasteiger partial charge in [-0.05, 0) is 43.7 Å². The Kier molecular flexibility index (Phi) is 3.86. The van der Waals surface area contributed by atoms with Gasteiger partial charge in [0.05, 0.1) is 0 Å². The first kappa shape index (κ1) is 12.8. The van der Waals surface area contributed by atoms with Crippen molar-refractivity contribution in [3.63, 3.8) is 0 Å². The van der Waals surface area contributed by atoms with Crippen molar-refractivity contribution in [2.24, 2.45) is 5.92 Å². The molecule has 18 heavy (non-hydrogen) atoms. The number of anilines is 1. The molecular formula is C15H19BrClN. The van der Waals surface area contributed by atoms with Gasteiger partial charge in [0.25, 0.3) is 0 Å². The lowest BCUT2D eigenvalue weighted by atomic mass is 9.91. The molecule has 0 spiro atoms. The molecule has 1 aliphatic heterocycles. The number of fused-ring (bicyclic) bond motifs is 1. The number of halogens is 2. The molecule has 0 bridgehead atoms. The third-order valence-corrected chi connectivity index (χ3v) is 5.45. The van der Waals surface area contributed by atoms with Crippen molar-refractivity contribution in [2.45, 2.75) is 43.5 Å². The molecule has 3 rings (SSSR count). The largest absolute Gasteiger partial charge is 0.368 e. The van der Waals surface area contributed by atoms with Gasteiger partial charge in [0.2, 0.25) is 0 Å². The predicted octanol–water partition coefficient (Wildman–Crippen LogP) is 5.00. The summed E-state index contributed by atoms with van der Waals surface area (Å²) in [5, 5.41) is 1.74. The summed E-state index contributed by atoms with van der Waals surface area (Å²) in [7, 11) is 0. The molecule has 0 amide bonds. The van der Waals surface area contributed by atoms with E-state index in [1.165, 1.54) is 49.9 Å². The van der Waals surface area contributed by atoms with Crippen molar-refractivity contribution in [2.75, 3.05) is 11.4 Å². The van der Waals surface area contributed by atoms with Crippen molar-refractivity contribution >= 4 is 33.2 Å². The molecule has 0 N–H and O–H groups in total. The number of nitrogens with zero attached hydrogens (tertiary/aromatic N) is 1. The van der Waals surface area contributed by atoms with Gasteiger partial charge in [0.15, 0.2) is 0 Å². The minimum absolute atomic E-state index is 0.759. The minimum atomic E-state index is 0.759. The molecule has 1 saturated carbocycles. The molecule has 2 fully saturated rings. The highest BCUT2D eigenvalue weighted by Crippen LogP contribution is 2.41. The second kappa shape index (κ2) is 5.42. The van der Waals surface area contributed by atoms with Crippen LogP contribution < -0.4 is 4.90 Å². The average Bonchev–Trinajstić information content (AvgIpc) is 2.86. The standard InChI is InChI=1S/C15H19BrClN/c16-10-12-13(17)6-2-8-15(12)18-9-3-5-11-4-1-7-14(11)18/h2,6,8,11,14H,1,3-5,7,9-10H2. The quantitative estimate of drug-likeness (QED) is 0.690. The van der Waals surface area contributed by atoms with E-state index in [1.54, 1.807) is 0 Å². The van der Waals surface area contributed by atoms with Crippen LogP contribution in [-0.2, 0) is 5.33 Å². The fraction of sp³-hybridized carbons (Fsp3) is 0.600. The van der Waals surface area contributed by atoms with Crippen LogP contribution in [0.25, 0.3) is 0 Å². The Balaban J connectivity index is 1.96. The molecule has 1 saturated heterocycles. The molecule has 1 aromatic rings. The number of hydrogen-bond donors (Lipinski definition) is 0. The van der Waals surface area contributed by atoms with E-state index < -0.39 is 0 Å². The normalized spacial score (nSPS) is 27.3. The van der Waals surface area contributed by atoms with Crippen LogP contribution in [-0.4, -0.2) is 12.6 Å². The number of piperidine rings is 1. The fourth-order valence-corrected chi connectivity index (χ4v) is 4.69. The van der Waals surface area contributed by atoms with Crippen molar-refractivity contribution in [3.05, 3.63) is 28.8 Å². The topological polar surface area (TPSA) is 3.24 Å². The van der Waals surface area contributed by atoms with Crippen LogP contribution in [0.15, 0.2) is 18.2 Å². The van der Waals surface area contributed by atoms with E-state index in [-0.39, 0.29) is 0 Å². The van der Waals surface area contributed by atoms with E-state index in [0.29, 0.717) is 0 Å². The van der Waals surface area contributed by atoms with E-state index in [1.807, 2.05) is 6.07 Å². The molecule has 2 atom stereocenters. The number of rotatable bonds is 2. The molecule has 1 nitrogen and oxygen atoms in total.